The summed E-state index contributed by atoms with van der Waals surface area (Å²) in [5, 5.41) is 3.38. The molecule has 19 heavy (non-hydrogen) atoms. The molecule has 1 aliphatic heterocycles. The predicted molar refractivity (Wildman–Crippen MR) is 82.4 cm³/mol. The number of hydrogen-bond donors (Lipinski definition) is 1. The topological polar surface area (TPSA) is 15.3 Å². The number of aryl methyl sites for hydroxylation is 1. The number of hydrogen-bond acceptors (Lipinski definition) is 2. The molecule has 1 N–H and O–H groups in total. The third-order valence-electron chi connectivity index (χ3n) is 4.34. The van der Waals surface area contributed by atoms with Crippen LogP contribution in [-0.2, 0) is 6.54 Å². The maximum Gasteiger partial charge on any atom is 0.0236 e. The van der Waals surface area contributed by atoms with E-state index in [2.05, 4.69) is 55.4 Å². The Kier molecular flexibility index (Phi) is 5.41. The zero-order valence-electron chi connectivity index (χ0n) is 12.7. The third-order valence-corrected chi connectivity index (χ3v) is 4.34. The fourth-order valence-corrected chi connectivity index (χ4v) is 3.11. The van der Waals surface area contributed by atoms with Crippen LogP contribution in [0.5, 0.6) is 0 Å². The molecule has 0 aliphatic carbocycles. The van der Waals surface area contributed by atoms with Gasteiger partial charge in [0.1, 0.15) is 0 Å². The summed E-state index contributed by atoms with van der Waals surface area (Å²) in [7, 11) is 2.07. The summed E-state index contributed by atoms with van der Waals surface area (Å²) in [5.41, 5.74) is 2.83. The summed E-state index contributed by atoms with van der Waals surface area (Å²) in [6.07, 6.45) is 5.38. The second-order valence-electron chi connectivity index (χ2n) is 6.03. The quantitative estimate of drug-likeness (QED) is 0.873. The molecular weight excluding hydrogens is 232 g/mol. The van der Waals surface area contributed by atoms with E-state index in [0.717, 1.165) is 12.6 Å². The van der Waals surface area contributed by atoms with Crippen LogP contribution in [0.15, 0.2) is 24.3 Å². The second kappa shape index (κ2) is 7.06. The van der Waals surface area contributed by atoms with Crippen LogP contribution in [-0.4, -0.2) is 30.6 Å². The Morgan fingerprint density at radius 2 is 2.21 bits per heavy atom. The van der Waals surface area contributed by atoms with Crippen molar-refractivity contribution in [1.29, 1.82) is 0 Å². The molecule has 1 saturated heterocycles. The lowest BCUT2D eigenvalue weighted by Gasteiger charge is -2.37. The van der Waals surface area contributed by atoms with Crippen molar-refractivity contribution < 1.29 is 0 Å². The van der Waals surface area contributed by atoms with Gasteiger partial charge in [-0.2, -0.15) is 0 Å². The van der Waals surface area contributed by atoms with Crippen molar-refractivity contribution in [2.75, 3.05) is 13.6 Å². The van der Waals surface area contributed by atoms with E-state index in [9.17, 15) is 0 Å². The highest BCUT2D eigenvalue weighted by Gasteiger charge is 2.23. The van der Waals surface area contributed by atoms with E-state index >= 15 is 0 Å². The lowest BCUT2D eigenvalue weighted by atomic mass is 9.95. The number of likely N-dealkylation sites (tertiary alicyclic amines) is 1. The Balaban J connectivity index is 1.99. The van der Waals surface area contributed by atoms with Gasteiger partial charge in [-0.3, -0.25) is 4.90 Å². The minimum absolute atomic E-state index is 0.614. The molecule has 2 atom stereocenters. The lowest BCUT2D eigenvalue weighted by Crippen LogP contribution is -2.42. The van der Waals surface area contributed by atoms with Gasteiger partial charge >= 0.3 is 0 Å². The zero-order chi connectivity index (χ0) is 13.7. The molecule has 2 nitrogen and oxygen atoms in total. The molecule has 1 aromatic carbocycles. The van der Waals surface area contributed by atoms with Crippen LogP contribution in [0.2, 0.25) is 0 Å². The minimum Gasteiger partial charge on any atom is -0.317 e. The average Bonchev–Trinajstić information content (AvgIpc) is 2.41. The van der Waals surface area contributed by atoms with Crippen LogP contribution in [0.25, 0.3) is 0 Å². The Morgan fingerprint density at radius 3 is 2.95 bits per heavy atom. The fraction of sp³-hybridized carbons (Fsp3) is 0.647. The molecule has 0 spiro atoms. The van der Waals surface area contributed by atoms with Gasteiger partial charge in [0.25, 0.3) is 0 Å². The highest BCUT2D eigenvalue weighted by atomic mass is 15.2. The van der Waals surface area contributed by atoms with Gasteiger partial charge in [-0.1, -0.05) is 36.2 Å². The summed E-state index contributed by atoms with van der Waals surface area (Å²) < 4.78 is 0. The molecule has 2 rings (SSSR count). The van der Waals surface area contributed by atoms with Crippen LogP contribution < -0.4 is 5.32 Å². The van der Waals surface area contributed by atoms with Gasteiger partial charge in [0.2, 0.25) is 0 Å². The van der Waals surface area contributed by atoms with Gasteiger partial charge in [-0.25, -0.2) is 0 Å². The molecule has 2 heteroatoms. The highest BCUT2D eigenvalue weighted by molar-refractivity contribution is 5.22. The Hall–Kier alpha value is -0.860. The summed E-state index contributed by atoms with van der Waals surface area (Å²) >= 11 is 0. The highest BCUT2D eigenvalue weighted by Crippen LogP contribution is 2.23. The standard InChI is InChI=1S/C17H28N2/c1-14-7-6-8-16(11-14)13-19-10-5-4-9-17(19)12-15(2)18-3/h6-8,11,15,17-18H,4-5,9-10,12-13H2,1-3H3. The molecule has 2 unspecified atom stereocenters. The summed E-state index contributed by atoms with van der Waals surface area (Å²) in [6.45, 7) is 6.84. The molecule has 0 radical (unpaired) electrons. The van der Waals surface area contributed by atoms with E-state index in [1.54, 1.807) is 0 Å². The second-order valence-corrected chi connectivity index (χ2v) is 6.03. The maximum atomic E-state index is 3.38. The first-order valence-corrected chi connectivity index (χ1v) is 7.66. The van der Waals surface area contributed by atoms with Crippen LogP contribution in [0, 0.1) is 6.92 Å². The number of benzene rings is 1. The van der Waals surface area contributed by atoms with E-state index in [1.165, 1.54) is 43.4 Å². The van der Waals surface area contributed by atoms with Crippen LogP contribution in [0.4, 0.5) is 0 Å². The van der Waals surface area contributed by atoms with Gasteiger partial charge in [0.15, 0.2) is 0 Å². The monoisotopic (exact) mass is 260 g/mol. The van der Waals surface area contributed by atoms with Gasteiger partial charge in [-0.15, -0.1) is 0 Å². The van der Waals surface area contributed by atoms with Crippen molar-refractivity contribution in [1.82, 2.24) is 10.2 Å². The lowest BCUT2D eigenvalue weighted by molar-refractivity contribution is 0.125. The normalized spacial score (nSPS) is 22.4. The predicted octanol–water partition coefficient (Wildman–Crippen LogP) is 3.35. The Labute approximate surface area is 118 Å². The Bertz CT molecular complexity index is 389. The summed E-state index contributed by atoms with van der Waals surface area (Å²) in [5.74, 6) is 0. The van der Waals surface area contributed by atoms with E-state index in [-0.39, 0.29) is 0 Å². The van der Waals surface area contributed by atoms with E-state index in [1.807, 2.05) is 0 Å². The van der Waals surface area contributed by atoms with Crippen molar-refractivity contribution in [3.8, 4) is 0 Å². The average molecular weight is 260 g/mol. The van der Waals surface area contributed by atoms with Crippen molar-refractivity contribution in [2.24, 2.45) is 0 Å². The van der Waals surface area contributed by atoms with Crippen molar-refractivity contribution in [3.05, 3.63) is 35.4 Å². The molecule has 1 heterocycles. The van der Waals surface area contributed by atoms with Gasteiger partial charge < -0.3 is 5.32 Å². The number of nitrogens with one attached hydrogen (secondary N) is 1. The smallest absolute Gasteiger partial charge is 0.0236 e. The number of rotatable bonds is 5. The fourth-order valence-electron chi connectivity index (χ4n) is 3.11. The molecule has 0 aromatic heterocycles. The first-order valence-electron chi connectivity index (χ1n) is 7.66. The van der Waals surface area contributed by atoms with E-state index in [0.29, 0.717) is 6.04 Å². The van der Waals surface area contributed by atoms with Gasteiger partial charge in [0, 0.05) is 18.6 Å². The third kappa shape index (κ3) is 4.32. The first-order chi connectivity index (χ1) is 9.19. The number of nitrogens with zero attached hydrogens (tertiary/aromatic N) is 1. The van der Waals surface area contributed by atoms with Crippen LogP contribution in [0.1, 0.15) is 43.7 Å². The summed E-state index contributed by atoms with van der Waals surface area (Å²) in [4.78, 5) is 2.69. The first kappa shape index (κ1) is 14.5. The molecular formula is C17H28N2. The maximum absolute atomic E-state index is 3.38. The number of piperidine rings is 1. The Morgan fingerprint density at radius 1 is 1.37 bits per heavy atom. The molecule has 1 aliphatic rings. The van der Waals surface area contributed by atoms with Gasteiger partial charge in [0.05, 0.1) is 0 Å². The van der Waals surface area contributed by atoms with E-state index < -0.39 is 0 Å². The molecule has 1 fully saturated rings. The van der Waals surface area contributed by atoms with Crippen molar-refractivity contribution >= 4 is 0 Å². The van der Waals surface area contributed by atoms with Crippen molar-refractivity contribution in [2.45, 2.75) is 58.2 Å². The van der Waals surface area contributed by atoms with Crippen LogP contribution in [0.3, 0.4) is 0 Å². The molecule has 1 aromatic rings. The van der Waals surface area contributed by atoms with E-state index in [4.69, 9.17) is 0 Å². The molecule has 0 saturated carbocycles. The SMILES string of the molecule is CNC(C)CC1CCCCN1Cc1cccc(C)c1. The summed E-state index contributed by atoms with van der Waals surface area (Å²) in [6, 6.07) is 10.3. The minimum atomic E-state index is 0.614. The molecule has 106 valence electrons. The van der Waals surface area contributed by atoms with Crippen LogP contribution >= 0.6 is 0 Å². The molecule has 0 amide bonds. The van der Waals surface area contributed by atoms with Gasteiger partial charge in [-0.05, 0) is 52.3 Å². The van der Waals surface area contributed by atoms with Crippen molar-refractivity contribution in [3.63, 3.8) is 0 Å². The largest absolute Gasteiger partial charge is 0.317 e. The molecule has 0 bridgehead atoms. The zero-order valence-corrected chi connectivity index (χ0v) is 12.7.